The molecule has 0 amide bonds. The molecular weight excluding hydrogens is 214 g/mol. The highest BCUT2D eigenvalue weighted by molar-refractivity contribution is 6.62. The average molecular weight is 243 g/mol. The molecule has 0 saturated carbocycles. The summed E-state index contributed by atoms with van der Waals surface area (Å²) in [7, 11) is 1.35. The van der Waals surface area contributed by atoms with E-state index in [2.05, 4.69) is 26.2 Å². The quantitative estimate of drug-likeness (QED) is 0.548. The largest absolute Gasteiger partial charge is 0.378 e. The second-order valence-corrected chi connectivity index (χ2v) is 9.15. The van der Waals surface area contributed by atoms with Crippen LogP contribution < -0.4 is 5.32 Å². The van der Waals surface area contributed by atoms with Gasteiger partial charge in [-0.1, -0.05) is 44.7 Å². The summed E-state index contributed by atoms with van der Waals surface area (Å²) in [5, 5.41) is 3.54. The Kier molecular flexibility index (Phi) is 6.62. The molecule has 0 bridgehead atoms. The molecule has 1 aliphatic rings. The summed E-state index contributed by atoms with van der Waals surface area (Å²) in [5.74, 6) is 0. The molecule has 1 saturated heterocycles. The number of likely N-dealkylation sites (N-methyl/N-ethyl adjacent to an activating group) is 1. The smallest absolute Gasteiger partial charge is 0.0769 e. The second kappa shape index (κ2) is 7.46. The summed E-state index contributed by atoms with van der Waals surface area (Å²) in [6, 6.07) is 2.98. The van der Waals surface area contributed by atoms with Gasteiger partial charge in [-0.05, 0) is 20.4 Å². The van der Waals surface area contributed by atoms with E-state index < -0.39 is 8.80 Å². The van der Waals surface area contributed by atoms with Gasteiger partial charge in [0.15, 0.2) is 0 Å². The minimum atomic E-state index is -0.701. The molecule has 1 unspecified atom stereocenters. The van der Waals surface area contributed by atoms with Crippen LogP contribution in [0, 0.1) is 0 Å². The maximum Gasteiger partial charge on any atom is 0.0769 e. The van der Waals surface area contributed by atoms with Gasteiger partial charge >= 0.3 is 0 Å². The van der Waals surface area contributed by atoms with Gasteiger partial charge in [0.2, 0.25) is 0 Å². The molecule has 0 spiro atoms. The lowest BCUT2D eigenvalue weighted by atomic mass is 10.3. The van der Waals surface area contributed by atoms with Crippen LogP contribution in [0.2, 0.25) is 12.1 Å². The third-order valence-electron chi connectivity index (χ3n) is 3.93. The monoisotopic (exact) mass is 243 g/mol. The minimum absolute atomic E-state index is 0.199. The van der Waals surface area contributed by atoms with Crippen molar-refractivity contribution in [2.24, 2.45) is 0 Å². The fourth-order valence-corrected chi connectivity index (χ4v) is 6.75. The van der Waals surface area contributed by atoms with E-state index in [9.17, 15) is 0 Å². The Balaban J connectivity index is 2.47. The van der Waals surface area contributed by atoms with Crippen LogP contribution in [0.5, 0.6) is 0 Å². The van der Waals surface area contributed by atoms with Crippen LogP contribution in [-0.2, 0) is 4.74 Å². The van der Waals surface area contributed by atoms with Crippen LogP contribution in [0.25, 0.3) is 0 Å². The van der Waals surface area contributed by atoms with Gasteiger partial charge in [-0.15, -0.1) is 0 Å². The first-order chi connectivity index (χ1) is 7.73. The van der Waals surface area contributed by atoms with Crippen molar-refractivity contribution in [1.29, 1.82) is 0 Å². The van der Waals surface area contributed by atoms with Crippen molar-refractivity contribution in [2.45, 2.75) is 63.3 Å². The molecular formula is C13H29NOSi. The predicted octanol–water partition coefficient (Wildman–Crippen LogP) is 2.73. The summed E-state index contributed by atoms with van der Waals surface area (Å²) in [4.78, 5) is 0. The van der Waals surface area contributed by atoms with E-state index >= 15 is 0 Å². The standard InChI is InChI=1S/C13H29NOSi/c1-4-5-9-15-13(2,12-14-3)16-10-7-6-8-11-16/h14,16H,4-12H2,1-3H3. The zero-order valence-electron chi connectivity index (χ0n) is 11.3. The molecule has 0 aromatic heterocycles. The van der Waals surface area contributed by atoms with Gasteiger partial charge < -0.3 is 10.1 Å². The molecule has 1 rings (SSSR count). The Hall–Kier alpha value is 0.137. The Morgan fingerprint density at radius 3 is 2.50 bits per heavy atom. The van der Waals surface area contributed by atoms with E-state index in [0.29, 0.717) is 0 Å². The topological polar surface area (TPSA) is 21.3 Å². The van der Waals surface area contributed by atoms with Crippen LogP contribution >= 0.6 is 0 Å². The summed E-state index contributed by atoms with van der Waals surface area (Å²) in [6.07, 6.45) is 6.80. The van der Waals surface area contributed by atoms with Gasteiger partial charge in [-0.25, -0.2) is 0 Å². The molecule has 2 nitrogen and oxygen atoms in total. The maximum atomic E-state index is 6.25. The van der Waals surface area contributed by atoms with E-state index in [4.69, 9.17) is 4.74 Å². The SMILES string of the molecule is CCCCOC(C)(CNC)[SiH]1CCCCC1. The third kappa shape index (κ3) is 4.19. The molecule has 1 atom stereocenters. The molecule has 1 N–H and O–H groups in total. The Morgan fingerprint density at radius 2 is 1.94 bits per heavy atom. The summed E-state index contributed by atoms with van der Waals surface area (Å²) < 4.78 is 6.25. The first-order valence-electron chi connectivity index (χ1n) is 7.01. The number of rotatable bonds is 7. The zero-order valence-corrected chi connectivity index (χ0v) is 12.5. The highest BCUT2D eigenvalue weighted by atomic mass is 28.3. The fourth-order valence-electron chi connectivity index (χ4n) is 2.83. The first-order valence-corrected chi connectivity index (χ1v) is 9.22. The number of hydrogen-bond donors (Lipinski definition) is 1. The Bertz CT molecular complexity index is 183. The molecule has 0 aliphatic carbocycles. The Labute approximate surface area is 103 Å². The molecule has 0 aromatic rings. The van der Waals surface area contributed by atoms with Crippen LogP contribution in [0.3, 0.4) is 0 Å². The first kappa shape index (κ1) is 14.2. The number of nitrogens with one attached hydrogen (secondary N) is 1. The van der Waals surface area contributed by atoms with Gasteiger partial charge in [-0.3, -0.25) is 0 Å². The highest BCUT2D eigenvalue weighted by Crippen LogP contribution is 2.28. The lowest BCUT2D eigenvalue weighted by molar-refractivity contribution is 0.0248. The molecule has 0 aromatic carbocycles. The summed E-state index contributed by atoms with van der Waals surface area (Å²) in [6.45, 7) is 6.60. The van der Waals surface area contributed by atoms with Crippen molar-refractivity contribution in [2.75, 3.05) is 20.2 Å². The van der Waals surface area contributed by atoms with Gasteiger partial charge in [0, 0.05) is 13.2 Å². The Morgan fingerprint density at radius 1 is 1.25 bits per heavy atom. The third-order valence-corrected chi connectivity index (χ3v) is 8.23. The molecule has 1 fully saturated rings. The molecule has 0 radical (unpaired) electrons. The summed E-state index contributed by atoms with van der Waals surface area (Å²) in [5.41, 5.74) is 0. The minimum Gasteiger partial charge on any atom is -0.378 e. The average Bonchev–Trinajstić information content (AvgIpc) is 2.31. The van der Waals surface area contributed by atoms with Crippen LogP contribution in [-0.4, -0.2) is 34.2 Å². The summed E-state index contributed by atoms with van der Waals surface area (Å²) >= 11 is 0. The normalized spacial score (nSPS) is 21.9. The van der Waals surface area contributed by atoms with E-state index in [1.807, 2.05) is 0 Å². The van der Waals surface area contributed by atoms with Crippen molar-refractivity contribution in [3.63, 3.8) is 0 Å². The second-order valence-electron chi connectivity index (χ2n) is 5.38. The number of ether oxygens (including phenoxy) is 1. The van der Waals surface area contributed by atoms with E-state index in [1.54, 1.807) is 0 Å². The number of hydrogen-bond acceptors (Lipinski definition) is 2. The van der Waals surface area contributed by atoms with Crippen molar-refractivity contribution >= 4 is 8.80 Å². The maximum absolute atomic E-state index is 6.25. The van der Waals surface area contributed by atoms with Crippen LogP contribution in [0.1, 0.15) is 46.0 Å². The molecule has 96 valence electrons. The van der Waals surface area contributed by atoms with Crippen molar-refractivity contribution in [1.82, 2.24) is 5.32 Å². The van der Waals surface area contributed by atoms with Gasteiger partial charge in [0.25, 0.3) is 0 Å². The van der Waals surface area contributed by atoms with Gasteiger partial charge in [-0.2, -0.15) is 0 Å². The van der Waals surface area contributed by atoms with Crippen LogP contribution in [0.4, 0.5) is 0 Å². The van der Waals surface area contributed by atoms with Gasteiger partial charge in [0.1, 0.15) is 0 Å². The fraction of sp³-hybridized carbons (Fsp3) is 1.00. The molecule has 16 heavy (non-hydrogen) atoms. The highest BCUT2D eigenvalue weighted by Gasteiger charge is 2.36. The predicted molar refractivity (Wildman–Crippen MR) is 73.8 cm³/mol. The molecule has 3 heteroatoms. The lowest BCUT2D eigenvalue weighted by Crippen LogP contribution is -2.53. The molecule has 1 aliphatic heterocycles. The van der Waals surface area contributed by atoms with E-state index in [-0.39, 0.29) is 5.22 Å². The molecule has 1 heterocycles. The zero-order chi connectivity index (χ0) is 11.9. The number of unbranched alkanes of at least 4 members (excludes halogenated alkanes) is 1. The van der Waals surface area contributed by atoms with E-state index in [0.717, 1.165) is 13.2 Å². The van der Waals surface area contributed by atoms with Crippen LogP contribution in [0.15, 0.2) is 0 Å². The van der Waals surface area contributed by atoms with E-state index in [1.165, 1.54) is 44.2 Å². The van der Waals surface area contributed by atoms with Crippen molar-refractivity contribution in [3.8, 4) is 0 Å². The van der Waals surface area contributed by atoms with Crippen molar-refractivity contribution < 1.29 is 4.74 Å². The van der Waals surface area contributed by atoms with Gasteiger partial charge in [0.05, 0.1) is 14.0 Å². The van der Waals surface area contributed by atoms with Crippen molar-refractivity contribution in [3.05, 3.63) is 0 Å². The lowest BCUT2D eigenvalue weighted by Gasteiger charge is -2.39.